The summed E-state index contributed by atoms with van der Waals surface area (Å²) in [5.74, 6) is 0.533. The highest BCUT2D eigenvalue weighted by atomic mass is 127. The lowest BCUT2D eigenvalue weighted by atomic mass is 10.2. The van der Waals surface area contributed by atoms with Crippen LogP contribution in [0.3, 0.4) is 0 Å². The first-order valence-corrected chi connectivity index (χ1v) is 9.30. The van der Waals surface area contributed by atoms with Crippen LogP contribution in [-0.2, 0) is 11.3 Å². The Kier molecular flexibility index (Phi) is 14.1. The highest BCUT2D eigenvalue weighted by Crippen LogP contribution is 2.33. The summed E-state index contributed by atoms with van der Waals surface area (Å²) in [6.45, 7) is 2.02. The molecule has 0 heterocycles. The SMILES string of the molecule is CCCCNC(=NCc1cccc(OCC)c1OC(F)F)NCC(=O)N(C)C.I. The van der Waals surface area contributed by atoms with E-state index < -0.39 is 6.61 Å². The maximum Gasteiger partial charge on any atom is 0.387 e. The lowest BCUT2D eigenvalue weighted by molar-refractivity contribution is -0.127. The maximum absolute atomic E-state index is 12.8. The minimum absolute atomic E-state index is 0. The van der Waals surface area contributed by atoms with Crippen molar-refractivity contribution in [3.05, 3.63) is 23.8 Å². The van der Waals surface area contributed by atoms with E-state index in [-0.39, 0.29) is 54.5 Å². The van der Waals surface area contributed by atoms with Crippen molar-refractivity contribution in [2.24, 2.45) is 4.99 Å². The van der Waals surface area contributed by atoms with E-state index in [0.29, 0.717) is 24.7 Å². The molecule has 0 spiro atoms. The number of aliphatic imine (C=N–C) groups is 1. The summed E-state index contributed by atoms with van der Waals surface area (Å²) in [7, 11) is 3.33. The average Bonchev–Trinajstić information content (AvgIpc) is 2.65. The number of ether oxygens (including phenoxy) is 2. The van der Waals surface area contributed by atoms with Gasteiger partial charge in [-0.2, -0.15) is 8.78 Å². The van der Waals surface area contributed by atoms with Gasteiger partial charge in [0.05, 0.1) is 19.7 Å². The Balaban J connectivity index is 0.00000784. The first kappa shape index (κ1) is 27.1. The zero-order chi connectivity index (χ0) is 20.9. The molecule has 0 saturated carbocycles. The fourth-order valence-corrected chi connectivity index (χ4v) is 2.22. The second-order valence-electron chi connectivity index (χ2n) is 6.14. The van der Waals surface area contributed by atoms with Crippen LogP contribution in [0, 0.1) is 0 Å². The number of nitrogens with one attached hydrogen (secondary N) is 2. The first-order chi connectivity index (χ1) is 13.4. The smallest absolute Gasteiger partial charge is 0.387 e. The number of carbonyl (C=O) groups excluding carboxylic acids is 1. The minimum Gasteiger partial charge on any atom is -0.490 e. The van der Waals surface area contributed by atoms with Gasteiger partial charge in [-0.3, -0.25) is 4.79 Å². The minimum atomic E-state index is -2.97. The van der Waals surface area contributed by atoms with E-state index in [2.05, 4.69) is 27.3 Å². The Labute approximate surface area is 188 Å². The lowest BCUT2D eigenvalue weighted by Crippen LogP contribution is -2.43. The van der Waals surface area contributed by atoms with Gasteiger partial charge < -0.3 is 25.0 Å². The molecule has 0 bridgehead atoms. The van der Waals surface area contributed by atoms with Gasteiger partial charge in [-0.15, -0.1) is 24.0 Å². The molecule has 0 aliphatic rings. The van der Waals surface area contributed by atoms with Gasteiger partial charge in [0.15, 0.2) is 17.5 Å². The van der Waals surface area contributed by atoms with Crippen LogP contribution in [-0.4, -0.2) is 57.2 Å². The van der Waals surface area contributed by atoms with E-state index in [4.69, 9.17) is 4.74 Å². The number of rotatable bonds is 11. The number of hydrogen-bond donors (Lipinski definition) is 2. The molecule has 2 N–H and O–H groups in total. The predicted octanol–water partition coefficient (Wildman–Crippen LogP) is 3.23. The van der Waals surface area contributed by atoms with E-state index >= 15 is 0 Å². The summed E-state index contributed by atoms with van der Waals surface area (Å²) in [5, 5.41) is 6.09. The number of carbonyl (C=O) groups is 1. The zero-order valence-electron chi connectivity index (χ0n) is 17.3. The van der Waals surface area contributed by atoms with Crippen molar-refractivity contribution in [3.8, 4) is 11.5 Å². The van der Waals surface area contributed by atoms with E-state index in [1.165, 1.54) is 4.90 Å². The molecule has 1 rings (SSSR count). The quantitative estimate of drug-likeness (QED) is 0.200. The van der Waals surface area contributed by atoms with Crippen molar-refractivity contribution < 1.29 is 23.0 Å². The Hall–Kier alpha value is -1.85. The van der Waals surface area contributed by atoms with Gasteiger partial charge in [0.2, 0.25) is 5.91 Å². The monoisotopic (exact) mass is 528 g/mol. The van der Waals surface area contributed by atoms with Gasteiger partial charge in [-0.1, -0.05) is 25.5 Å². The average molecular weight is 528 g/mol. The van der Waals surface area contributed by atoms with Gasteiger partial charge in [-0.05, 0) is 19.4 Å². The molecule has 1 amide bonds. The van der Waals surface area contributed by atoms with Crippen molar-refractivity contribution in [2.45, 2.75) is 39.8 Å². The summed E-state index contributed by atoms with van der Waals surface area (Å²) in [6, 6.07) is 4.92. The van der Waals surface area contributed by atoms with Crippen molar-refractivity contribution in [1.82, 2.24) is 15.5 Å². The van der Waals surface area contributed by atoms with Crippen LogP contribution in [0.25, 0.3) is 0 Å². The highest BCUT2D eigenvalue weighted by Gasteiger charge is 2.16. The molecule has 166 valence electrons. The number of nitrogens with zero attached hydrogens (tertiary/aromatic N) is 2. The van der Waals surface area contributed by atoms with Crippen molar-refractivity contribution in [1.29, 1.82) is 0 Å². The summed E-state index contributed by atoms with van der Waals surface area (Å²) in [4.78, 5) is 17.7. The van der Waals surface area contributed by atoms with Gasteiger partial charge in [0, 0.05) is 26.2 Å². The number of hydrogen-bond acceptors (Lipinski definition) is 4. The van der Waals surface area contributed by atoms with Crippen molar-refractivity contribution in [2.75, 3.05) is 33.8 Å². The standard InChI is InChI=1S/C19H30F2N4O3.HI/c1-5-7-11-22-19(24-13-16(26)25(3)4)23-12-14-9-8-10-15(27-6-2)17(14)28-18(20)21;/h8-10,18H,5-7,11-13H2,1-4H3,(H2,22,23,24);1H. The van der Waals surface area contributed by atoms with E-state index in [1.54, 1.807) is 39.2 Å². The van der Waals surface area contributed by atoms with Gasteiger partial charge in [0.25, 0.3) is 0 Å². The maximum atomic E-state index is 12.8. The Morgan fingerprint density at radius 2 is 1.97 bits per heavy atom. The van der Waals surface area contributed by atoms with Crippen molar-refractivity contribution in [3.63, 3.8) is 0 Å². The molecule has 1 aromatic carbocycles. The lowest BCUT2D eigenvalue weighted by Gasteiger charge is -2.16. The number of alkyl halides is 2. The molecule has 7 nitrogen and oxygen atoms in total. The molecule has 0 unspecified atom stereocenters. The van der Waals surface area contributed by atoms with Crippen LogP contribution in [0.1, 0.15) is 32.3 Å². The number of guanidine groups is 1. The van der Waals surface area contributed by atoms with Gasteiger partial charge in [-0.25, -0.2) is 4.99 Å². The third-order valence-corrected chi connectivity index (χ3v) is 3.70. The number of benzene rings is 1. The fourth-order valence-electron chi connectivity index (χ4n) is 2.22. The second-order valence-corrected chi connectivity index (χ2v) is 6.14. The van der Waals surface area contributed by atoms with Crippen LogP contribution >= 0.6 is 24.0 Å². The van der Waals surface area contributed by atoms with Crippen LogP contribution in [0.2, 0.25) is 0 Å². The third kappa shape index (κ3) is 10.5. The molecule has 0 fully saturated rings. The molecule has 0 aromatic heterocycles. The molecule has 0 radical (unpaired) electrons. The summed E-state index contributed by atoms with van der Waals surface area (Å²) < 4.78 is 35.7. The fraction of sp³-hybridized carbons (Fsp3) is 0.579. The summed E-state index contributed by atoms with van der Waals surface area (Å²) >= 11 is 0. The number of para-hydroxylation sites is 1. The zero-order valence-corrected chi connectivity index (χ0v) is 19.7. The van der Waals surface area contributed by atoms with Crippen LogP contribution in [0.4, 0.5) is 8.78 Å². The predicted molar refractivity (Wildman–Crippen MR) is 120 cm³/mol. The summed E-state index contributed by atoms with van der Waals surface area (Å²) in [5.41, 5.74) is 0.460. The van der Waals surface area contributed by atoms with Crippen LogP contribution < -0.4 is 20.1 Å². The summed E-state index contributed by atoms with van der Waals surface area (Å²) in [6.07, 6.45) is 1.93. The number of halogens is 3. The topological polar surface area (TPSA) is 75.2 Å². The number of amides is 1. The molecule has 0 aliphatic heterocycles. The van der Waals surface area contributed by atoms with Gasteiger partial charge >= 0.3 is 6.61 Å². The van der Waals surface area contributed by atoms with E-state index in [9.17, 15) is 13.6 Å². The molecular weight excluding hydrogens is 497 g/mol. The molecule has 29 heavy (non-hydrogen) atoms. The van der Waals surface area contributed by atoms with E-state index in [0.717, 1.165) is 12.8 Å². The molecule has 0 saturated heterocycles. The molecule has 0 atom stereocenters. The number of likely N-dealkylation sites (N-methyl/N-ethyl adjacent to an activating group) is 1. The largest absolute Gasteiger partial charge is 0.490 e. The Bertz CT molecular complexity index is 646. The first-order valence-electron chi connectivity index (χ1n) is 9.30. The molecule has 1 aromatic rings. The highest BCUT2D eigenvalue weighted by molar-refractivity contribution is 14.0. The Morgan fingerprint density at radius 1 is 1.24 bits per heavy atom. The van der Waals surface area contributed by atoms with Crippen LogP contribution in [0.5, 0.6) is 11.5 Å². The van der Waals surface area contributed by atoms with Gasteiger partial charge in [0.1, 0.15) is 0 Å². The molecule has 0 aliphatic carbocycles. The second kappa shape index (κ2) is 15.1. The molecule has 10 heteroatoms. The third-order valence-electron chi connectivity index (χ3n) is 3.70. The normalized spacial score (nSPS) is 10.9. The molecular formula is C19H31F2IN4O3. The van der Waals surface area contributed by atoms with Crippen LogP contribution in [0.15, 0.2) is 23.2 Å². The van der Waals surface area contributed by atoms with E-state index in [1.807, 2.05) is 0 Å². The number of unbranched alkanes of at least 4 members (excludes halogenated alkanes) is 1. The van der Waals surface area contributed by atoms with Crippen molar-refractivity contribution >= 4 is 35.8 Å². The Morgan fingerprint density at radius 3 is 2.55 bits per heavy atom.